The van der Waals surface area contributed by atoms with Crippen LogP contribution in [-0.4, -0.2) is 64.6 Å². The van der Waals surface area contributed by atoms with E-state index in [2.05, 4.69) is 25.5 Å². The maximum absolute atomic E-state index is 13.4. The molecule has 5 rings (SSSR count). The van der Waals surface area contributed by atoms with Gasteiger partial charge in [-0.15, -0.1) is 0 Å². The second kappa shape index (κ2) is 11.3. The van der Waals surface area contributed by atoms with Crippen molar-refractivity contribution in [1.82, 2.24) is 30.1 Å². The molecule has 1 amide bonds. The highest BCUT2D eigenvalue weighted by Gasteiger charge is 2.39. The number of hydrogen-bond donors (Lipinski definition) is 2. The molecule has 182 valence electrons. The van der Waals surface area contributed by atoms with Crippen LogP contribution < -0.4 is 10.6 Å². The Hall–Kier alpha value is -2.48. The Morgan fingerprint density at radius 1 is 1.03 bits per heavy atom. The highest BCUT2D eigenvalue weighted by Crippen LogP contribution is 2.36. The van der Waals surface area contributed by atoms with Crippen LogP contribution in [0.5, 0.6) is 0 Å². The Morgan fingerprint density at radius 2 is 1.71 bits per heavy atom. The largest absolute Gasteiger partial charge is 0.350 e. The molecular formula is C26H35ClN6O. The van der Waals surface area contributed by atoms with Crippen LogP contribution in [0.2, 0.25) is 5.02 Å². The Labute approximate surface area is 206 Å². The molecule has 2 aromatic heterocycles. The lowest BCUT2D eigenvalue weighted by molar-refractivity contribution is 0.0653. The number of amides is 1. The van der Waals surface area contributed by atoms with Crippen molar-refractivity contribution >= 4 is 28.4 Å². The van der Waals surface area contributed by atoms with Gasteiger partial charge in [0, 0.05) is 36.1 Å². The van der Waals surface area contributed by atoms with Crippen molar-refractivity contribution in [3.05, 3.63) is 53.4 Å². The highest BCUT2D eigenvalue weighted by molar-refractivity contribution is 6.37. The highest BCUT2D eigenvalue weighted by atomic mass is 35.5. The van der Waals surface area contributed by atoms with Crippen molar-refractivity contribution in [3.8, 4) is 5.95 Å². The standard InChI is InChI=1S/C24H28ClN5O.C2H7N/c25-19-8-6-9-20-21(19)18(16-30(20)23-26-12-7-13-27-23)22(31)28-17-24(10-2-1-3-11-24)29-14-4-5-15-29;1-3-2/h6-9,12-13,16H,1-5,10-11,14-15,17H2,(H,28,31);3H,1-2H3. The summed E-state index contributed by atoms with van der Waals surface area (Å²) in [5.74, 6) is 0.437. The molecule has 3 aromatic rings. The summed E-state index contributed by atoms with van der Waals surface area (Å²) in [4.78, 5) is 24.7. The van der Waals surface area contributed by atoms with Gasteiger partial charge >= 0.3 is 0 Å². The zero-order valence-corrected chi connectivity index (χ0v) is 20.9. The number of rotatable bonds is 5. The first-order valence-electron chi connectivity index (χ1n) is 12.3. The van der Waals surface area contributed by atoms with Crippen molar-refractivity contribution in [1.29, 1.82) is 0 Å². The lowest BCUT2D eigenvalue weighted by Gasteiger charge is -2.45. The van der Waals surface area contributed by atoms with Crippen molar-refractivity contribution in [2.75, 3.05) is 33.7 Å². The van der Waals surface area contributed by atoms with E-state index in [9.17, 15) is 4.79 Å². The van der Waals surface area contributed by atoms with Gasteiger partial charge in [-0.1, -0.05) is 36.9 Å². The minimum absolute atomic E-state index is 0.0862. The van der Waals surface area contributed by atoms with Crippen molar-refractivity contribution < 1.29 is 4.79 Å². The van der Waals surface area contributed by atoms with E-state index in [1.54, 1.807) is 18.5 Å². The number of benzene rings is 1. The second-order valence-corrected chi connectivity index (χ2v) is 9.66. The SMILES string of the molecule is CNC.O=C(NCC1(N2CCCC2)CCCCC1)c1cn(-c2ncccn2)c2cccc(Cl)c12. The van der Waals surface area contributed by atoms with Gasteiger partial charge in [0.25, 0.3) is 5.91 Å². The smallest absolute Gasteiger partial charge is 0.253 e. The third kappa shape index (κ3) is 5.11. The topological polar surface area (TPSA) is 75.1 Å². The Morgan fingerprint density at radius 3 is 2.38 bits per heavy atom. The van der Waals surface area contributed by atoms with E-state index in [-0.39, 0.29) is 11.4 Å². The maximum Gasteiger partial charge on any atom is 0.253 e. The third-order valence-electron chi connectivity index (χ3n) is 6.93. The summed E-state index contributed by atoms with van der Waals surface area (Å²) in [6, 6.07) is 7.43. The summed E-state index contributed by atoms with van der Waals surface area (Å²) in [7, 11) is 3.75. The molecule has 1 aliphatic heterocycles. The molecule has 2 aliphatic rings. The fraction of sp³-hybridized carbons (Fsp3) is 0.500. The summed E-state index contributed by atoms with van der Waals surface area (Å²) >= 11 is 6.54. The average molecular weight is 483 g/mol. The lowest BCUT2D eigenvalue weighted by atomic mass is 9.80. The first-order valence-corrected chi connectivity index (χ1v) is 12.7. The monoisotopic (exact) mass is 482 g/mol. The van der Waals surface area contributed by atoms with E-state index < -0.39 is 0 Å². The molecule has 1 aliphatic carbocycles. The van der Waals surface area contributed by atoms with Crippen LogP contribution in [0.4, 0.5) is 0 Å². The van der Waals surface area contributed by atoms with Crippen LogP contribution in [-0.2, 0) is 0 Å². The molecule has 0 spiro atoms. The molecule has 1 aromatic carbocycles. The van der Waals surface area contributed by atoms with Gasteiger partial charge in [0.15, 0.2) is 0 Å². The van der Waals surface area contributed by atoms with E-state index in [1.807, 2.05) is 43.1 Å². The van der Waals surface area contributed by atoms with Crippen LogP contribution >= 0.6 is 11.6 Å². The molecule has 34 heavy (non-hydrogen) atoms. The van der Waals surface area contributed by atoms with E-state index in [0.29, 0.717) is 23.1 Å². The van der Waals surface area contributed by atoms with Crippen LogP contribution in [0.15, 0.2) is 42.9 Å². The fourth-order valence-electron chi connectivity index (χ4n) is 5.34. The van der Waals surface area contributed by atoms with Crippen molar-refractivity contribution in [2.45, 2.75) is 50.5 Å². The van der Waals surface area contributed by atoms with Gasteiger partial charge in [0.2, 0.25) is 5.95 Å². The molecule has 1 saturated heterocycles. The van der Waals surface area contributed by atoms with Gasteiger partial charge in [-0.3, -0.25) is 14.3 Å². The molecule has 7 nitrogen and oxygen atoms in total. The van der Waals surface area contributed by atoms with Crippen LogP contribution in [0.1, 0.15) is 55.3 Å². The van der Waals surface area contributed by atoms with E-state index in [1.165, 1.54) is 32.1 Å². The molecule has 1 saturated carbocycles. The molecule has 0 radical (unpaired) electrons. The summed E-state index contributed by atoms with van der Waals surface area (Å²) < 4.78 is 1.84. The number of nitrogens with zero attached hydrogens (tertiary/aromatic N) is 4. The molecule has 2 fully saturated rings. The predicted molar refractivity (Wildman–Crippen MR) is 138 cm³/mol. The molecule has 0 unspecified atom stereocenters. The maximum atomic E-state index is 13.4. The van der Waals surface area contributed by atoms with E-state index in [0.717, 1.165) is 36.8 Å². The minimum Gasteiger partial charge on any atom is -0.350 e. The van der Waals surface area contributed by atoms with Crippen molar-refractivity contribution in [3.63, 3.8) is 0 Å². The number of halogens is 1. The van der Waals surface area contributed by atoms with Crippen LogP contribution in [0, 0.1) is 0 Å². The second-order valence-electron chi connectivity index (χ2n) is 9.26. The molecule has 8 heteroatoms. The number of nitrogens with one attached hydrogen (secondary N) is 2. The van der Waals surface area contributed by atoms with E-state index >= 15 is 0 Å². The van der Waals surface area contributed by atoms with E-state index in [4.69, 9.17) is 11.6 Å². The van der Waals surface area contributed by atoms with Gasteiger partial charge in [-0.2, -0.15) is 0 Å². The molecule has 0 bridgehead atoms. The molecule has 3 heterocycles. The van der Waals surface area contributed by atoms with Crippen LogP contribution in [0.3, 0.4) is 0 Å². The van der Waals surface area contributed by atoms with Gasteiger partial charge in [0.05, 0.1) is 16.1 Å². The predicted octanol–water partition coefficient (Wildman–Crippen LogP) is 4.44. The number of carbonyl (C=O) groups excluding carboxylic acids is 1. The number of carbonyl (C=O) groups is 1. The molecular weight excluding hydrogens is 448 g/mol. The summed E-state index contributed by atoms with van der Waals surface area (Å²) in [5.41, 5.74) is 1.49. The van der Waals surface area contributed by atoms with Crippen molar-refractivity contribution in [2.24, 2.45) is 0 Å². The fourth-order valence-corrected chi connectivity index (χ4v) is 5.61. The summed E-state index contributed by atoms with van der Waals surface area (Å²) in [6.45, 7) is 2.98. The quantitative estimate of drug-likeness (QED) is 0.562. The van der Waals surface area contributed by atoms with Gasteiger partial charge in [-0.05, 0) is 71.1 Å². The van der Waals surface area contributed by atoms with Gasteiger partial charge < -0.3 is 10.6 Å². The zero-order chi connectivity index (χ0) is 24.0. The number of likely N-dealkylation sites (tertiary alicyclic amines) is 1. The lowest BCUT2D eigenvalue weighted by Crippen LogP contribution is -2.55. The van der Waals surface area contributed by atoms with Crippen LogP contribution in [0.25, 0.3) is 16.9 Å². The first-order chi connectivity index (χ1) is 16.6. The first kappa shape index (κ1) is 24.6. The van der Waals surface area contributed by atoms with Gasteiger partial charge in [0.1, 0.15) is 0 Å². The molecule has 0 atom stereocenters. The Balaban J connectivity index is 0.000000868. The minimum atomic E-state index is -0.0862. The third-order valence-corrected chi connectivity index (χ3v) is 7.25. The Kier molecular flexibility index (Phi) is 8.19. The number of hydrogen-bond acceptors (Lipinski definition) is 5. The summed E-state index contributed by atoms with van der Waals surface area (Å²) in [6.07, 6.45) is 13.8. The average Bonchev–Trinajstić information content (AvgIpc) is 3.54. The Bertz CT molecular complexity index is 1090. The molecule has 2 N–H and O–H groups in total. The number of fused-ring (bicyclic) bond motifs is 1. The normalized spacial score (nSPS) is 17.9. The summed E-state index contributed by atoms with van der Waals surface area (Å²) in [5, 5.41) is 7.33. The van der Waals surface area contributed by atoms with Gasteiger partial charge in [-0.25, -0.2) is 9.97 Å². The zero-order valence-electron chi connectivity index (χ0n) is 20.2. The number of aromatic nitrogens is 3.